The van der Waals surface area contributed by atoms with Crippen LogP contribution in [0, 0.1) is 17.8 Å². The molecule has 0 aromatic carbocycles. The lowest BCUT2D eigenvalue weighted by Crippen LogP contribution is -2.60. The molecule has 1 amide bonds. The normalized spacial score (nSPS) is 30.3. The number of carbonyl (C=O) groups is 1. The Hall–Kier alpha value is -1.71. The van der Waals surface area contributed by atoms with E-state index in [1.54, 1.807) is 6.26 Å². The highest BCUT2D eigenvalue weighted by Gasteiger charge is 2.51. The number of rotatable bonds is 7. The van der Waals surface area contributed by atoms with Gasteiger partial charge in [-0.25, -0.2) is 0 Å². The van der Waals surface area contributed by atoms with Crippen molar-refractivity contribution in [2.24, 2.45) is 17.8 Å². The minimum atomic E-state index is -4.47. The van der Waals surface area contributed by atoms with Gasteiger partial charge in [-0.1, -0.05) is 11.8 Å². The Kier molecular flexibility index (Phi) is 5.56. The Morgan fingerprint density at radius 3 is 2.21 bits per heavy atom. The van der Waals surface area contributed by atoms with Crippen LogP contribution in [0.5, 0.6) is 11.8 Å². The molecule has 0 radical (unpaired) electrons. The molecule has 0 atom stereocenters. The number of alkyl halides is 3. The Bertz CT molecular complexity index is 740. The van der Waals surface area contributed by atoms with E-state index in [1.165, 1.54) is 25.3 Å². The second-order valence-corrected chi connectivity index (χ2v) is 9.24. The Morgan fingerprint density at radius 1 is 1.14 bits per heavy atom. The minimum absolute atomic E-state index is 0.0159. The fourth-order valence-corrected chi connectivity index (χ4v) is 5.88. The molecule has 4 bridgehead atoms. The highest BCUT2D eigenvalue weighted by atomic mass is 32.2. The smallest absolute Gasteiger partial charge is 0.422 e. The van der Waals surface area contributed by atoms with E-state index >= 15 is 0 Å². The van der Waals surface area contributed by atoms with Gasteiger partial charge in [0.05, 0.1) is 6.07 Å². The van der Waals surface area contributed by atoms with Crippen LogP contribution >= 0.6 is 11.8 Å². The summed E-state index contributed by atoms with van der Waals surface area (Å²) < 4.78 is 47.3. The number of thioether (sulfide) groups is 1. The second-order valence-electron chi connectivity index (χ2n) is 8.47. The van der Waals surface area contributed by atoms with Gasteiger partial charge >= 0.3 is 6.18 Å². The molecule has 6 nitrogen and oxygen atoms in total. The first-order valence-corrected chi connectivity index (χ1v) is 11.0. The van der Waals surface area contributed by atoms with Gasteiger partial charge in [-0.2, -0.15) is 23.1 Å². The Morgan fingerprint density at radius 2 is 1.69 bits per heavy atom. The largest absolute Gasteiger partial charge is 0.468 e. The van der Waals surface area contributed by atoms with E-state index in [0.29, 0.717) is 17.8 Å². The van der Waals surface area contributed by atoms with Crippen molar-refractivity contribution in [2.75, 3.05) is 19.5 Å². The predicted molar refractivity (Wildman–Crippen MR) is 99.9 cm³/mol. The third-order valence-corrected chi connectivity index (χ3v) is 6.57. The van der Waals surface area contributed by atoms with Gasteiger partial charge in [0.2, 0.25) is 11.8 Å². The molecule has 1 aromatic rings. The van der Waals surface area contributed by atoms with Crippen molar-refractivity contribution in [1.29, 1.82) is 0 Å². The number of nitrogens with zero attached hydrogens (tertiary/aromatic N) is 2. The van der Waals surface area contributed by atoms with Gasteiger partial charge in [0.25, 0.3) is 5.91 Å². The molecule has 0 unspecified atom stereocenters. The molecule has 0 saturated heterocycles. The lowest BCUT2D eigenvalue weighted by Gasteiger charge is -2.56. The van der Waals surface area contributed by atoms with Crippen LogP contribution in [0.4, 0.5) is 13.2 Å². The van der Waals surface area contributed by atoms with E-state index in [2.05, 4.69) is 20.0 Å². The molecule has 0 spiro atoms. The standard InChI is InChI=1S/C19H24F3N3O3S/c1-29-17-23-15(5-16(24-17)28-10-19(20,21)22)27-9-14(26)25-18-6-11-2-12(7-18)4-13(3-11)8-18/h5,11-13H,2-4,6-10H2,1H3,(H,25,26). The summed E-state index contributed by atoms with van der Waals surface area (Å²) in [5.41, 5.74) is -0.119. The van der Waals surface area contributed by atoms with Crippen molar-refractivity contribution in [1.82, 2.24) is 15.3 Å². The van der Waals surface area contributed by atoms with Crippen LogP contribution in [-0.4, -0.2) is 47.1 Å². The molecule has 10 heteroatoms. The van der Waals surface area contributed by atoms with E-state index in [-0.39, 0.29) is 35.0 Å². The maximum absolute atomic E-state index is 12.5. The number of ether oxygens (including phenoxy) is 2. The van der Waals surface area contributed by atoms with E-state index in [1.807, 2.05) is 0 Å². The maximum Gasteiger partial charge on any atom is 0.422 e. The molecular formula is C19H24F3N3O3S. The number of nitrogens with one attached hydrogen (secondary N) is 1. The third-order valence-electron chi connectivity index (χ3n) is 6.02. The zero-order chi connectivity index (χ0) is 20.6. The van der Waals surface area contributed by atoms with Crippen molar-refractivity contribution >= 4 is 17.7 Å². The zero-order valence-electron chi connectivity index (χ0n) is 16.1. The van der Waals surface area contributed by atoms with Gasteiger partial charge < -0.3 is 14.8 Å². The van der Waals surface area contributed by atoms with Gasteiger partial charge in [-0.05, 0) is 62.5 Å². The van der Waals surface area contributed by atoms with E-state index in [4.69, 9.17) is 4.74 Å². The number of hydrogen-bond acceptors (Lipinski definition) is 6. The van der Waals surface area contributed by atoms with Gasteiger partial charge in [0.1, 0.15) is 0 Å². The molecule has 1 aromatic heterocycles. The number of aromatic nitrogens is 2. The summed E-state index contributed by atoms with van der Waals surface area (Å²) in [5.74, 6) is 1.68. The molecule has 1 heterocycles. The average Bonchev–Trinajstić information content (AvgIpc) is 2.62. The molecule has 1 N–H and O–H groups in total. The van der Waals surface area contributed by atoms with Crippen LogP contribution in [-0.2, 0) is 4.79 Å². The fourth-order valence-electron chi connectivity index (χ4n) is 5.51. The molecule has 29 heavy (non-hydrogen) atoms. The van der Waals surface area contributed by atoms with Crippen LogP contribution in [0.3, 0.4) is 0 Å². The summed E-state index contributed by atoms with van der Waals surface area (Å²) in [5, 5.41) is 3.40. The molecule has 0 aliphatic heterocycles. The zero-order valence-corrected chi connectivity index (χ0v) is 16.9. The van der Waals surface area contributed by atoms with Gasteiger partial charge in [0, 0.05) is 5.54 Å². The van der Waals surface area contributed by atoms with Crippen molar-refractivity contribution in [3.05, 3.63) is 6.07 Å². The molecule has 5 rings (SSSR count). The van der Waals surface area contributed by atoms with Crippen molar-refractivity contribution < 1.29 is 27.4 Å². The summed E-state index contributed by atoms with van der Waals surface area (Å²) in [6.07, 6.45) is 4.16. The van der Waals surface area contributed by atoms with Crippen molar-refractivity contribution in [3.8, 4) is 11.8 Å². The van der Waals surface area contributed by atoms with Gasteiger partial charge in [0.15, 0.2) is 18.4 Å². The van der Waals surface area contributed by atoms with Crippen molar-refractivity contribution in [2.45, 2.75) is 55.4 Å². The van der Waals surface area contributed by atoms with Crippen molar-refractivity contribution in [3.63, 3.8) is 0 Å². The number of halogens is 3. The van der Waals surface area contributed by atoms with E-state index in [9.17, 15) is 18.0 Å². The summed E-state index contributed by atoms with van der Waals surface area (Å²) in [6, 6.07) is 1.17. The second kappa shape index (κ2) is 7.85. The maximum atomic E-state index is 12.5. The predicted octanol–water partition coefficient (Wildman–Crippen LogP) is 3.60. The summed E-state index contributed by atoms with van der Waals surface area (Å²) in [7, 11) is 0. The lowest BCUT2D eigenvalue weighted by atomic mass is 9.53. The first-order chi connectivity index (χ1) is 13.7. The molecule has 4 fully saturated rings. The van der Waals surface area contributed by atoms with Crippen LogP contribution in [0.25, 0.3) is 0 Å². The van der Waals surface area contributed by atoms with Gasteiger partial charge in [-0.15, -0.1) is 0 Å². The number of carbonyl (C=O) groups excluding carboxylic acids is 1. The summed E-state index contributed by atoms with van der Waals surface area (Å²) in [6.45, 7) is -1.70. The Balaban J connectivity index is 1.35. The average molecular weight is 431 g/mol. The summed E-state index contributed by atoms with van der Waals surface area (Å²) in [4.78, 5) is 20.5. The van der Waals surface area contributed by atoms with Crippen LogP contribution in [0.2, 0.25) is 0 Å². The van der Waals surface area contributed by atoms with E-state index < -0.39 is 12.8 Å². The van der Waals surface area contributed by atoms with Crippen LogP contribution in [0.15, 0.2) is 11.2 Å². The highest BCUT2D eigenvalue weighted by molar-refractivity contribution is 7.98. The minimum Gasteiger partial charge on any atom is -0.468 e. The van der Waals surface area contributed by atoms with E-state index in [0.717, 1.165) is 31.0 Å². The SMILES string of the molecule is CSc1nc(OCC(=O)NC23CC4CC(CC(C4)C2)C3)cc(OCC(F)(F)F)n1. The Labute approximate surface area is 171 Å². The number of hydrogen-bond donors (Lipinski definition) is 1. The third kappa shape index (κ3) is 5.07. The molecular weight excluding hydrogens is 407 g/mol. The van der Waals surface area contributed by atoms with Gasteiger partial charge in [-0.3, -0.25) is 4.79 Å². The topological polar surface area (TPSA) is 73.3 Å². The summed E-state index contributed by atoms with van der Waals surface area (Å²) >= 11 is 1.15. The van der Waals surface area contributed by atoms with Crippen LogP contribution in [0.1, 0.15) is 38.5 Å². The fraction of sp³-hybridized carbons (Fsp3) is 0.737. The van der Waals surface area contributed by atoms with Crippen LogP contribution < -0.4 is 14.8 Å². The molecule has 160 valence electrons. The molecule has 4 aliphatic carbocycles. The first kappa shape index (κ1) is 20.6. The molecule has 4 aliphatic rings. The first-order valence-electron chi connectivity index (χ1n) is 9.78. The monoisotopic (exact) mass is 431 g/mol. The quantitative estimate of drug-likeness (QED) is 0.525. The highest BCUT2D eigenvalue weighted by Crippen LogP contribution is 2.55. The lowest BCUT2D eigenvalue weighted by molar-refractivity contribution is -0.154. The molecule has 4 saturated carbocycles. The number of amides is 1.